The van der Waals surface area contributed by atoms with Gasteiger partial charge in [-0.25, -0.2) is 17.9 Å². The molecule has 8 heteroatoms. The smallest absolute Gasteiger partial charge is 0.253 e. The first kappa shape index (κ1) is 16.4. The van der Waals surface area contributed by atoms with E-state index in [2.05, 4.69) is 0 Å². The van der Waals surface area contributed by atoms with Crippen LogP contribution in [0.5, 0.6) is 5.75 Å². The SMILES string of the molecule is CCN(CC)C(=O)c1cc(F)c(OC)c(S(N)(=O)=O)c1. The fourth-order valence-corrected chi connectivity index (χ4v) is 2.52. The average molecular weight is 304 g/mol. The summed E-state index contributed by atoms with van der Waals surface area (Å²) >= 11 is 0. The molecule has 1 amide bonds. The zero-order valence-electron chi connectivity index (χ0n) is 11.5. The number of amides is 1. The maximum absolute atomic E-state index is 13.9. The Morgan fingerprint density at radius 2 is 1.90 bits per heavy atom. The van der Waals surface area contributed by atoms with E-state index in [9.17, 15) is 17.6 Å². The fraction of sp³-hybridized carbons (Fsp3) is 0.417. The van der Waals surface area contributed by atoms with Crippen molar-refractivity contribution in [2.24, 2.45) is 5.14 Å². The van der Waals surface area contributed by atoms with E-state index in [0.29, 0.717) is 13.1 Å². The Labute approximate surface area is 117 Å². The minimum absolute atomic E-state index is 0.0870. The number of rotatable bonds is 5. The van der Waals surface area contributed by atoms with Crippen LogP contribution in [0.25, 0.3) is 0 Å². The van der Waals surface area contributed by atoms with Crippen LogP contribution in [0.3, 0.4) is 0 Å². The van der Waals surface area contributed by atoms with Crippen molar-refractivity contribution < 1.29 is 22.3 Å². The number of ether oxygens (including phenoxy) is 1. The van der Waals surface area contributed by atoms with Gasteiger partial charge in [-0.1, -0.05) is 0 Å². The van der Waals surface area contributed by atoms with Gasteiger partial charge in [-0.15, -0.1) is 0 Å². The lowest BCUT2D eigenvalue weighted by molar-refractivity contribution is 0.0772. The Kier molecular flexibility index (Phi) is 5.07. The molecule has 0 spiro atoms. The molecular weight excluding hydrogens is 287 g/mol. The van der Waals surface area contributed by atoms with Crippen LogP contribution in [0.4, 0.5) is 4.39 Å². The molecule has 1 aromatic carbocycles. The Balaban J connectivity index is 3.46. The molecule has 1 aromatic rings. The number of hydrogen-bond donors (Lipinski definition) is 1. The number of carbonyl (C=O) groups is 1. The van der Waals surface area contributed by atoms with Crippen molar-refractivity contribution in [3.63, 3.8) is 0 Å². The van der Waals surface area contributed by atoms with Gasteiger partial charge >= 0.3 is 0 Å². The van der Waals surface area contributed by atoms with Crippen molar-refractivity contribution in [2.45, 2.75) is 18.7 Å². The summed E-state index contributed by atoms with van der Waals surface area (Å²) in [7, 11) is -3.07. The lowest BCUT2D eigenvalue weighted by Gasteiger charge is -2.19. The maximum atomic E-state index is 13.9. The number of carbonyl (C=O) groups excluding carboxylic acids is 1. The van der Waals surface area contributed by atoms with E-state index in [1.807, 2.05) is 0 Å². The molecule has 2 N–H and O–H groups in total. The van der Waals surface area contributed by atoms with Crippen LogP contribution in [0, 0.1) is 5.82 Å². The summed E-state index contributed by atoms with van der Waals surface area (Å²) in [6.45, 7) is 4.38. The van der Waals surface area contributed by atoms with Crippen LogP contribution in [0.2, 0.25) is 0 Å². The highest BCUT2D eigenvalue weighted by atomic mass is 32.2. The molecule has 0 fully saturated rings. The van der Waals surface area contributed by atoms with Gasteiger partial charge in [0.15, 0.2) is 11.6 Å². The Morgan fingerprint density at radius 1 is 1.35 bits per heavy atom. The van der Waals surface area contributed by atoms with Crippen molar-refractivity contribution in [1.82, 2.24) is 4.90 Å². The lowest BCUT2D eigenvalue weighted by atomic mass is 10.1. The molecule has 0 saturated carbocycles. The van der Waals surface area contributed by atoms with E-state index >= 15 is 0 Å². The third-order valence-electron chi connectivity index (χ3n) is 2.82. The number of nitrogens with zero attached hydrogens (tertiary/aromatic N) is 1. The van der Waals surface area contributed by atoms with Crippen LogP contribution in [-0.4, -0.2) is 39.4 Å². The van der Waals surface area contributed by atoms with Crippen molar-refractivity contribution in [3.05, 3.63) is 23.5 Å². The van der Waals surface area contributed by atoms with E-state index in [1.165, 1.54) is 4.90 Å². The minimum atomic E-state index is -4.20. The first-order chi connectivity index (χ1) is 9.26. The van der Waals surface area contributed by atoms with Crippen molar-refractivity contribution in [3.8, 4) is 5.75 Å². The molecule has 0 heterocycles. The molecule has 112 valence electrons. The van der Waals surface area contributed by atoms with E-state index < -0.39 is 32.4 Å². The molecule has 0 aliphatic rings. The number of hydrogen-bond acceptors (Lipinski definition) is 4. The maximum Gasteiger partial charge on any atom is 0.253 e. The van der Waals surface area contributed by atoms with Gasteiger partial charge in [0, 0.05) is 18.7 Å². The quantitative estimate of drug-likeness (QED) is 0.877. The molecular formula is C12H17FN2O4S. The van der Waals surface area contributed by atoms with E-state index in [0.717, 1.165) is 19.2 Å². The molecule has 1 rings (SSSR count). The first-order valence-electron chi connectivity index (χ1n) is 5.95. The summed E-state index contributed by atoms with van der Waals surface area (Å²) in [6.07, 6.45) is 0. The predicted octanol–water partition coefficient (Wildman–Crippen LogP) is 0.964. The zero-order chi connectivity index (χ0) is 15.5. The van der Waals surface area contributed by atoms with Gasteiger partial charge in [0.05, 0.1) is 7.11 Å². The van der Waals surface area contributed by atoms with Gasteiger partial charge in [-0.2, -0.15) is 0 Å². The van der Waals surface area contributed by atoms with Crippen LogP contribution in [-0.2, 0) is 10.0 Å². The van der Waals surface area contributed by atoms with Gasteiger partial charge in [0.25, 0.3) is 5.91 Å². The standard InChI is InChI=1S/C12H17FN2O4S/c1-4-15(5-2)12(16)8-6-9(13)11(19-3)10(7-8)20(14,17)18/h6-7H,4-5H2,1-3H3,(H2,14,17,18). The highest BCUT2D eigenvalue weighted by Crippen LogP contribution is 2.28. The Bertz CT molecular complexity index is 612. The van der Waals surface area contributed by atoms with E-state index in [4.69, 9.17) is 9.88 Å². The number of halogens is 1. The van der Waals surface area contributed by atoms with Gasteiger partial charge < -0.3 is 9.64 Å². The second kappa shape index (κ2) is 6.19. The summed E-state index contributed by atoms with van der Waals surface area (Å²) in [5.74, 6) is -1.92. The van der Waals surface area contributed by atoms with Gasteiger partial charge in [0.2, 0.25) is 10.0 Å². The third-order valence-corrected chi connectivity index (χ3v) is 3.73. The fourth-order valence-electron chi connectivity index (χ4n) is 1.79. The zero-order valence-corrected chi connectivity index (χ0v) is 12.3. The normalized spacial score (nSPS) is 11.2. The van der Waals surface area contributed by atoms with Gasteiger partial charge in [-0.05, 0) is 26.0 Å². The molecule has 0 aliphatic carbocycles. The summed E-state index contributed by atoms with van der Waals surface area (Å²) in [5.41, 5.74) is -0.0870. The Hall–Kier alpha value is -1.67. The highest BCUT2D eigenvalue weighted by Gasteiger charge is 2.23. The van der Waals surface area contributed by atoms with Crippen molar-refractivity contribution in [2.75, 3.05) is 20.2 Å². The molecule has 0 bridgehead atoms. The lowest BCUT2D eigenvalue weighted by Crippen LogP contribution is -2.30. The molecule has 6 nitrogen and oxygen atoms in total. The van der Waals surface area contributed by atoms with Gasteiger partial charge in [0.1, 0.15) is 4.90 Å². The molecule has 0 radical (unpaired) electrons. The summed E-state index contributed by atoms with van der Waals surface area (Å²) in [6, 6.07) is 1.96. The second-order valence-corrected chi connectivity index (χ2v) is 5.54. The number of benzene rings is 1. The summed E-state index contributed by atoms with van der Waals surface area (Å²) < 4.78 is 41.5. The molecule has 0 aliphatic heterocycles. The largest absolute Gasteiger partial charge is 0.492 e. The van der Waals surface area contributed by atoms with Crippen LogP contribution in [0.15, 0.2) is 17.0 Å². The molecule has 20 heavy (non-hydrogen) atoms. The number of methoxy groups -OCH3 is 1. The summed E-state index contributed by atoms with van der Waals surface area (Å²) in [5, 5.41) is 5.01. The Morgan fingerprint density at radius 3 is 2.30 bits per heavy atom. The minimum Gasteiger partial charge on any atom is -0.492 e. The third kappa shape index (κ3) is 3.26. The monoisotopic (exact) mass is 304 g/mol. The molecule has 0 atom stereocenters. The summed E-state index contributed by atoms with van der Waals surface area (Å²) in [4.78, 5) is 13.0. The highest BCUT2D eigenvalue weighted by molar-refractivity contribution is 7.89. The van der Waals surface area contributed by atoms with E-state index in [-0.39, 0.29) is 5.56 Å². The van der Waals surface area contributed by atoms with E-state index in [1.54, 1.807) is 13.8 Å². The molecule has 0 unspecified atom stereocenters. The van der Waals surface area contributed by atoms with Crippen LogP contribution in [0.1, 0.15) is 24.2 Å². The number of sulfonamides is 1. The number of nitrogens with two attached hydrogens (primary N) is 1. The van der Waals surface area contributed by atoms with Crippen molar-refractivity contribution >= 4 is 15.9 Å². The predicted molar refractivity (Wildman–Crippen MR) is 71.6 cm³/mol. The average Bonchev–Trinajstić information content (AvgIpc) is 2.37. The molecule has 0 saturated heterocycles. The van der Waals surface area contributed by atoms with Crippen LogP contribution < -0.4 is 9.88 Å². The first-order valence-corrected chi connectivity index (χ1v) is 7.50. The number of primary sulfonamides is 1. The van der Waals surface area contributed by atoms with Crippen molar-refractivity contribution in [1.29, 1.82) is 0 Å². The van der Waals surface area contributed by atoms with Gasteiger partial charge in [-0.3, -0.25) is 4.79 Å². The molecule has 0 aromatic heterocycles. The van der Waals surface area contributed by atoms with Crippen LogP contribution >= 0.6 is 0 Å². The second-order valence-electron chi connectivity index (χ2n) is 4.01. The topological polar surface area (TPSA) is 89.7 Å².